The fourth-order valence-corrected chi connectivity index (χ4v) is 1.29. The number of methoxy groups -OCH3 is 1. The van der Waals surface area contributed by atoms with Crippen LogP contribution in [0.4, 0.5) is 0 Å². The molecule has 80 valence electrons. The maximum atomic E-state index is 11.4. The van der Waals surface area contributed by atoms with E-state index in [0.29, 0.717) is 17.9 Å². The number of ether oxygens (including phenoxy) is 2. The molecule has 0 aliphatic carbocycles. The molecule has 3 heteroatoms. The highest BCUT2D eigenvalue weighted by molar-refractivity contribution is 5.93. The average molecular weight is 206 g/mol. The van der Waals surface area contributed by atoms with Crippen LogP contribution in [-0.4, -0.2) is 19.7 Å². The number of carbonyl (C=O) groups is 1. The minimum absolute atomic E-state index is 0.401. The Morgan fingerprint density at radius 3 is 2.80 bits per heavy atom. The molecular formula is C12H14O3. The lowest BCUT2D eigenvalue weighted by atomic mass is 10.1. The van der Waals surface area contributed by atoms with Crippen molar-refractivity contribution >= 4 is 12.0 Å². The van der Waals surface area contributed by atoms with Gasteiger partial charge in [-0.15, -0.1) is 0 Å². The Labute approximate surface area is 89.3 Å². The van der Waals surface area contributed by atoms with E-state index < -0.39 is 5.97 Å². The Morgan fingerprint density at radius 1 is 1.53 bits per heavy atom. The van der Waals surface area contributed by atoms with Crippen LogP contribution < -0.4 is 4.74 Å². The maximum Gasteiger partial charge on any atom is 0.341 e. The van der Waals surface area contributed by atoms with E-state index in [2.05, 4.69) is 11.3 Å². The predicted molar refractivity (Wildman–Crippen MR) is 59.0 cm³/mol. The second-order valence-corrected chi connectivity index (χ2v) is 2.85. The van der Waals surface area contributed by atoms with Crippen LogP contribution >= 0.6 is 0 Å². The van der Waals surface area contributed by atoms with Crippen LogP contribution in [-0.2, 0) is 4.74 Å². The Bertz CT molecular complexity index is 369. The SMILES string of the molecule is C=Cc1cccc(C(=O)OC)c1OCC. The van der Waals surface area contributed by atoms with Crippen LogP contribution in [0.2, 0.25) is 0 Å². The summed E-state index contributed by atoms with van der Waals surface area (Å²) in [5.41, 5.74) is 1.22. The highest BCUT2D eigenvalue weighted by atomic mass is 16.5. The van der Waals surface area contributed by atoms with Crippen LogP contribution in [0.1, 0.15) is 22.8 Å². The number of hydrogen-bond acceptors (Lipinski definition) is 3. The maximum absolute atomic E-state index is 11.4. The molecule has 0 fully saturated rings. The van der Waals surface area contributed by atoms with Gasteiger partial charge in [-0.05, 0) is 13.0 Å². The molecule has 0 spiro atoms. The van der Waals surface area contributed by atoms with Gasteiger partial charge < -0.3 is 9.47 Å². The van der Waals surface area contributed by atoms with E-state index >= 15 is 0 Å². The molecule has 0 saturated carbocycles. The van der Waals surface area contributed by atoms with Crippen molar-refractivity contribution in [1.82, 2.24) is 0 Å². The zero-order chi connectivity index (χ0) is 11.3. The molecule has 0 atom stereocenters. The molecule has 1 aromatic carbocycles. The Hall–Kier alpha value is -1.77. The van der Waals surface area contributed by atoms with E-state index in [1.54, 1.807) is 18.2 Å². The Morgan fingerprint density at radius 2 is 2.27 bits per heavy atom. The lowest BCUT2D eigenvalue weighted by Gasteiger charge is -2.11. The zero-order valence-corrected chi connectivity index (χ0v) is 8.95. The molecule has 0 aliphatic rings. The number of esters is 1. The molecule has 1 aromatic rings. The quantitative estimate of drug-likeness (QED) is 0.710. The summed E-state index contributed by atoms with van der Waals surface area (Å²) < 4.78 is 10.1. The van der Waals surface area contributed by atoms with E-state index in [-0.39, 0.29) is 0 Å². The van der Waals surface area contributed by atoms with Crippen molar-refractivity contribution < 1.29 is 14.3 Å². The van der Waals surface area contributed by atoms with Gasteiger partial charge in [0.25, 0.3) is 0 Å². The van der Waals surface area contributed by atoms with Gasteiger partial charge in [0.2, 0.25) is 0 Å². The number of hydrogen-bond donors (Lipinski definition) is 0. The van der Waals surface area contributed by atoms with Crippen molar-refractivity contribution in [2.24, 2.45) is 0 Å². The monoisotopic (exact) mass is 206 g/mol. The molecule has 0 N–H and O–H groups in total. The first-order chi connectivity index (χ1) is 7.24. The van der Waals surface area contributed by atoms with Gasteiger partial charge in [0, 0.05) is 5.56 Å². The third-order valence-corrected chi connectivity index (χ3v) is 1.96. The molecule has 0 bridgehead atoms. The van der Waals surface area contributed by atoms with Crippen LogP contribution in [0.5, 0.6) is 5.75 Å². The van der Waals surface area contributed by atoms with Gasteiger partial charge in [0.15, 0.2) is 0 Å². The van der Waals surface area contributed by atoms with Gasteiger partial charge in [0.1, 0.15) is 11.3 Å². The third kappa shape index (κ3) is 2.37. The van der Waals surface area contributed by atoms with Crippen LogP contribution in [0.3, 0.4) is 0 Å². The van der Waals surface area contributed by atoms with Crippen molar-refractivity contribution in [2.75, 3.05) is 13.7 Å². The number of carbonyl (C=O) groups excluding carboxylic acids is 1. The van der Waals surface area contributed by atoms with Gasteiger partial charge >= 0.3 is 5.97 Å². The van der Waals surface area contributed by atoms with E-state index in [1.165, 1.54) is 7.11 Å². The molecule has 0 aliphatic heterocycles. The second kappa shape index (κ2) is 5.20. The second-order valence-electron chi connectivity index (χ2n) is 2.85. The van der Waals surface area contributed by atoms with Crippen molar-refractivity contribution in [3.05, 3.63) is 35.9 Å². The van der Waals surface area contributed by atoms with Gasteiger partial charge in [-0.25, -0.2) is 4.79 Å². The fourth-order valence-electron chi connectivity index (χ4n) is 1.29. The molecular weight excluding hydrogens is 192 g/mol. The van der Waals surface area contributed by atoms with Crippen LogP contribution in [0.15, 0.2) is 24.8 Å². The minimum Gasteiger partial charge on any atom is -0.492 e. The first-order valence-corrected chi connectivity index (χ1v) is 4.71. The molecule has 0 saturated heterocycles. The van der Waals surface area contributed by atoms with E-state index in [4.69, 9.17) is 4.74 Å². The van der Waals surface area contributed by atoms with Gasteiger partial charge in [0.05, 0.1) is 13.7 Å². The normalized spacial score (nSPS) is 9.47. The number of rotatable bonds is 4. The summed E-state index contributed by atoms with van der Waals surface area (Å²) >= 11 is 0. The molecule has 0 heterocycles. The summed E-state index contributed by atoms with van der Waals surface area (Å²) in [5.74, 6) is 0.129. The van der Waals surface area contributed by atoms with Crippen molar-refractivity contribution in [2.45, 2.75) is 6.92 Å². The first-order valence-electron chi connectivity index (χ1n) is 4.71. The lowest BCUT2D eigenvalue weighted by Crippen LogP contribution is -2.06. The average Bonchev–Trinajstić information content (AvgIpc) is 2.28. The summed E-state index contributed by atoms with van der Waals surface area (Å²) in [6.45, 7) is 6.02. The summed E-state index contributed by atoms with van der Waals surface area (Å²) in [6.07, 6.45) is 1.65. The highest BCUT2D eigenvalue weighted by Gasteiger charge is 2.14. The smallest absolute Gasteiger partial charge is 0.341 e. The van der Waals surface area contributed by atoms with Crippen molar-refractivity contribution in [1.29, 1.82) is 0 Å². The van der Waals surface area contributed by atoms with Crippen LogP contribution in [0, 0.1) is 0 Å². The first kappa shape index (κ1) is 11.3. The molecule has 3 nitrogen and oxygen atoms in total. The molecule has 15 heavy (non-hydrogen) atoms. The molecule has 0 unspecified atom stereocenters. The molecule has 0 amide bonds. The summed E-state index contributed by atoms with van der Waals surface area (Å²) in [5, 5.41) is 0. The topological polar surface area (TPSA) is 35.5 Å². The fraction of sp³-hybridized carbons (Fsp3) is 0.250. The lowest BCUT2D eigenvalue weighted by molar-refractivity contribution is 0.0596. The number of para-hydroxylation sites is 1. The molecule has 0 radical (unpaired) electrons. The van der Waals surface area contributed by atoms with Gasteiger partial charge in [-0.1, -0.05) is 24.8 Å². The summed E-state index contributed by atoms with van der Waals surface area (Å²) in [7, 11) is 1.35. The van der Waals surface area contributed by atoms with Gasteiger partial charge in [-0.2, -0.15) is 0 Å². The molecule has 0 aromatic heterocycles. The van der Waals surface area contributed by atoms with E-state index in [9.17, 15) is 4.79 Å². The predicted octanol–water partition coefficient (Wildman–Crippen LogP) is 2.51. The zero-order valence-electron chi connectivity index (χ0n) is 8.95. The largest absolute Gasteiger partial charge is 0.492 e. The summed E-state index contributed by atoms with van der Waals surface area (Å²) in [6, 6.07) is 5.28. The number of benzene rings is 1. The van der Waals surface area contributed by atoms with Gasteiger partial charge in [-0.3, -0.25) is 0 Å². The minimum atomic E-state index is -0.401. The Kier molecular flexibility index (Phi) is 3.92. The van der Waals surface area contributed by atoms with E-state index in [0.717, 1.165) is 5.56 Å². The van der Waals surface area contributed by atoms with E-state index in [1.807, 2.05) is 13.0 Å². The Balaban J connectivity index is 3.24. The third-order valence-electron chi connectivity index (χ3n) is 1.96. The van der Waals surface area contributed by atoms with Crippen LogP contribution in [0.25, 0.3) is 6.08 Å². The standard InChI is InChI=1S/C12H14O3/c1-4-9-7-6-8-10(12(13)14-3)11(9)15-5-2/h4,6-8H,1,5H2,2-3H3. The highest BCUT2D eigenvalue weighted by Crippen LogP contribution is 2.25. The van der Waals surface area contributed by atoms with Crippen molar-refractivity contribution in [3.63, 3.8) is 0 Å². The summed E-state index contributed by atoms with van der Waals surface area (Å²) in [4.78, 5) is 11.4. The molecule has 1 rings (SSSR count). The van der Waals surface area contributed by atoms with Crippen molar-refractivity contribution in [3.8, 4) is 5.75 Å².